The Balaban J connectivity index is 2.84. The SMILES string of the molecule is CC(C)[Si](OC[C@@H](I)[C@]1(C)OCCC[C@H]1O)(C(C)C)C(C)C. The number of rotatable bonds is 7. The van der Waals surface area contributed by atoms with E-state index in [9.17, 15) is 5.11 Å². The first-order valence-electron chi connectivity index (χ1n) is 8.69. The van der Waals surface area contributed by atoms with Crippen LogP contribution in [0.4, 0.5) is 0 Å². The Bertz CT molecular complexity index is 327. The fourth-order valence-corrected chi connectivity index (χ4v) is 10.7. The molecule has 0 unspecified atom stereocenters. The number of hydrogen-bond donors (Lipinski definition) is 1. The first-order chi connectivity index (χ1) is 10.1. The number of alkyl halides is 1. The minimum absolute atomic E-state index is 0.170. The van der Waals surface area contributed by atoms with Crippen LogP contribution >= 0.6 is 22.6 Å². The number of aliphatic hydroxyl groups excluding tert-OH is 1. The second kappa shape index (κ2) is 8.27. The fraction of sp³-hybridized carbons (Fsp3) is 1.00. The third kappa shape index (κ3) is 4.07. The van der Waals surface area contributed by atoms with Crippen LogP contribution in [-0.4, -0.2) is 42.3 Å². The van der Waals surface area contributed by atoms with E-state index in [2.05, 4.69) is 64.1 Å². The molecule has 1 saturated heterocycles. The van der Waals surface area contributed by atoms with Crippen LogP contribution in [-0.2, 0) is 9.16 Å². The van der Waals surface area contributed by atoms with Gasteiger partial charge in [-0.2, -0.15) is 0 Å². The Kier molecular flexibility index (Phi) is 7.85. The molecule has 0 aromatic carbocycles. The maximum atomic E-state index is 10.4. The molecule has 0 saturated carbocycles. The van der Waals surface area contributed by atoms with Crippen molar-refractivity contribution in [3.8, 4) is 0 Å². The first-order valence-corrected chi connectivity index (χ1v) is 12.1. The normalized spacial score (nSPS) is 28.6. The van der Waals surface area contributed by atoms with Crippen LogP contribution in [0.1, 0.15) is 61.3 Å². The van der Waals surface area contributed by atoms with Gasteiger partial charge in [0.15, 0.2) is 8.32 Å². The van der Waals surface area contributed by atoms with E-state index in [1.54, 1.807) is 0 Å². The van der Waals surface area contributed by atoms with E-state index in [0.29, 0.717) is 23.2 Å². The first kappa shape index (κ1) is 20.9. The molecule has 1 fully saturated rings. The van der Waals surface area contributed by atoms with Crippen molar-refractivity contribution < 1.29 is 14.3 Å². The Morgan fingerprint density at radius 2 is 1.68 bits per heavy atom. The van der Waals surface area contributed by atoms with Gasteiger partial charge in [-0.25, -0.2) is 0 Å². The van der Waals surface area contributed by atoms with Crippen LogP contribution in [0.2, 0.25) is 16.6 Å². The Hall–Kier alpha value is 0.827. The fourth-order valence-electron chi connectivity index (χ4n) is 4.13. The van der Waals surface area contributed by atoms with Gasteiger partial charge in [0.25, 0.3) is 0 Å². The summed E-state index contributed by atoms with van der Waals surface area (Å²) in [6.45, 7) is 17.3. The molecule has 0 aromatic rings. The summed E-state index contributed by atoms with van der Waals surface area (Å²) in [7, 11) is -1.85. The summed E-state index contributed by atoms with van der Waals surface area (Å²) >= 11 is 2.42. The average Bonchev–Trinajstić information content (AvgIpc) is 2.41. The molecule has 1 aliphatic heterocycles. The number of hydrogen-bond acceptors (Lipinski definition) is 3. The molecular weight excluding hydrogens is 407 g/mol. The van der Waals surface area contributed by atoms with Crippen LogP contribution < -0.4 is 0 Å². The molecule has 5 heteroatoms. The van der Waals surface area contributed by atoms with Gasteiger partial charge in [0.1, 0.15) is 5.60 Å². The lowest BCUT2D eigenvalue weighted by Crippen LogP contribution is -2.56. The highest BCUT2D eigenvalue weighted by Gasteiger charge is 2.48. The molecule has 1 N–H and O–H groups in total. The Morgan fingerprint density at radius 1 is 1.18 bits per heavy atom. The van der Waals surface area contributed by atoms with Gasteiger partial charge in [-0.1, -0.05) is 64.1 Å². The quantitative estimate of drug-likeness (QED) is 0.346. The molecule has 3 nitrogen and oxygen atoms in total. The number of ether oxygens (including phenoxy) is 1. The van der Waals surface area contributed by atoms with Crippen molar-refractivity contribution in [2.75, 3.05) is 13.2 Å². The molecular formula is C17H35IO3Si. The van der Waals surface area contributed by atoms with Crippen molar-refractivity contribution in [3.05, 3.63) is 0 Å². The van der Waals surface area contributed by atoms with Crippen LogP contribution in [0.25, 0.3) is 0 Å². The Labute approximate surface area is 151 Å². The van der Waals surface area contributed by atoms with Crippen LogP contribution in [0.5, 0.6) is 0 Å². The minimum atomic E-state index is -1.85. The van der Waals surface area contributed by atoms with Crippen molar-refractivity contribution in [2.45, 2.75) is 93.6 Å². The number of halogens is 1. The van der Waals surface area contributed by atoms with E-state index in [4.69, 9.17) is 9.16 Å². The number of aliphatic hydroxyl groups is 1. The van der Waals surface area contributed by atoms with E-state index in [-0.39, 0.29) is 10.0 Å². The summed E-state index contributed by atoms with van der Waals surface area (Å²) in [5.74, 6) is 0. The highest BCUT2D eigenvalue weighted by molar-refractivity contribution is 14.1. The smallest absolute Gasteiger partial charge is 0.200 e. The van der Waals surface area contributed by atoms with Gasteiger partial charge in [0.2, 0.25) is 0 Å². The molecule has 22 heavy (non-hydrogen) atoms. The lowest BCUT2D eigenvalue weighted by Gasteiger charge is -2.46. The van der Waals surface area contributed by atoms with Crippen molar-refractivity contribution in [3.63, 3.8) is 0 Å². The zero-order chi connectivity index (χ0) is 17.1. The molecule has 0 aromatic heterocycles. The molecule has 132 valence electrons. The van der Waals surface area contributed by atoms with E-state index < -0.39 is 13.9 Å². The summed E-state index contributed by atoms with van der Waals surface area (Å²) in [6, 6.07) is 0. The summed E-state index contributed by atoms with van der Waals surface area (Å²) in [5.41, 5.74) is 1.27. The van der Waals surface area contributed by atoms with E-state index >= 15 is 0 Å². The second-order valence-corrected chi connectivity index (χ2v) is 14.8. The predicted molar refractivity (Wildman–Crippen MR) is 104 cm³/mol. The summed E-state index contributed by atoms with van der Waals surface area (Å²) in [6.07, 6.45) is 1.39. The summed E-state index contributed by atoms with van der Waals surface area (Å²) in [5, 5.41) is 10.4. The average molecular weight is 442 g/mol. The van der Waals surface area contributed by atoms with E-state index in [0.717, 1.165) is 19.4 Å². The van der Waals surface area contributed by atoms with Crippen LogP contribution in [0.15, 0.2) is 0 Å². The second-order valence-electron chi connectivity index (χ2n) is 7.79. The van der Waals surface area contributed by atoms with Gasteiger partial charge in [-0.15, -0.1) is 0 Å². The molecule has 1 rings (SSSR count). The maximum absolute atomic E-state index is 10.4. The van der Waals surface area contributed by atoms with Crippen molar-refractivity contribution >= 4 is 30.9 Å². The van der Waals surface area contributed by atoms with Gasteiger partial charge in [-0.3, -0.25) is 0 Å². The molecule has 3 atom stereocenters. The standard InChI is InChI=1S/C17H35IO3Si/c1-12(2)22(13(3)4,14(5)6)21-11-15(18)17(7)16(19)9-8-10-20-17/h12-16,19H,8-11H2,1-7H3/t15-,16-,17+/m1/s1. The van der Waals surface area contributed by atoms with Gasteiger partial charge < -0.3 is 14.3 Å². The van der Waals surface area contributed by atoms with E-state index in [1.807, 2.05) is 6.92 Å². The largest absolute Gasteiger partial charge is 0.415 e. The van der Waals surface area contributed by atoms with Crippen LogP contribution in [0, 0.1) is 0 Å². The summed E-state index contributed by atoms with van der Waals surface area (Å²) in [4.78, 5) is 0. The van der Waals surface area contributed by atoms with Gasteiger partial charge in [-0.05, 0) is 36.4 Å². The highest BCUT2D eigenvalue weighted by Crippen LogP contribution is 2.43. The third-order valence-electron chi connectivity index (χ3n) is 5.51. The summed E-state index contributed by atoms with van der Waals surface area (Å²) < 4.78 is 12.8. The molecule has 0 bridgehead atoms. The van der Waals surface area contributed by atoms with Crippen molar-refractivity contribution in [1.29, 1.82) is 0 Å². The van der Waals surface area contributed by atoms with E-state index in [1.165, 1.54) is 0 Å². The lowest BCUT2D eigenvalue weighted by molar-refractivity contribution is -0.144. The molecule has 0 aliphatic carbocycles. The highest BCUT2D eigenvalue weighted by atomic mass is 127. The van der Waals surface area contributed by atoms with Gasteiger partial charge in [0, 0.05) is 13.2 Å². The van der Waals surface area contributed by atoms with Gasteiger partial charge >= 0.3 is 0 Å². The topological polar surface area (TPSA) is 38.7 Å². The predicted octanol–water partition coefficient (Wildman–Crippen LogP) is 4.91. The Morgan fingerprint density at radius 3 is 2.09 bits per heavy atom. The molecule has 0 amide bonds. The zero-order valence-corrected chi connectivity index (χ0v) is 18.5. The molecule has 1 aliphatic rings. The van der Waals surface area contributed by atoms with Crippen LogP contribution in [0.3, 0.4) is 0 Å². The lowest BCUT2D eigenvalue weighted by atomic mass is 9.90. The molecule has 1 heterocycles. The zero-order valence-electron chi connectivity index (χ0n) is 15.4. The molecule has 0 spiro atoms. The van der Waals surface area contributed by atoms with Crippen molar-refractivity contribution in [1.82, 2.24) is 0 Å². The minimum Gasteiger partial charge on any atom is -0.415 e. The van der Waals surface area contributed by atoms with Crippen molar-refractivity contribution in [2.24, 2.45) is 0 Å². The van der Waals surface area contributed by atoms with Gasteiger partial charge in [0.05, 0.1) is 10.0 Å². The maximum Gasteiger partial charge on any atom is 0.200 e. The monoisotopic (exact) mass is 442 g/mol. The molecule has 0 radical (unpaired) electrons. The third-order valence-corrected chi connectivity index (χ3v) is 13.2.